The lowest BCUT2D eigenvalue weighted by Crippen LogP contribution is -2.48. The van der Waals surface area contributed by atoms with E-state index in [1.54, 1.807) is 85.1 Å². The van der Waals surface area contributed by atoms with Gasteiger partial charge in [0, 0.05) is 35.6 Å². The lowest BCUT2D eigenvalue weighted by molar-refractivity contribution is -0.143. The van der Waals surface area contributed by atoms with Crippen molar-refractivity contribution in [3.05, 3.63) is 149 Å². The zero-order valence-corrected chi connectivity index (χ0v) is 26.7. The second kappa shape index (κ2) is 13.0. The van der Waals surface area contributed by atoms with Crippen molar-refractivity contribution in [1.29, 1.82) is 0 Å². The van der Waals surface area contributed by atoms with Gasteiger partial charge in [-0.15, -0.1) is 0 Å². The highest BCUT2D eigenvalue weighted by Gasteiger charge is 2.68. The van der Waals surface area contributed by atoms with E-state index in [0.717, 1.165) is 15.4 Å². The fourth-order valence-electron chi connectivity index (χ4n) is 5.80. The van der Waals surface area contributed by atoms with E-state index >= 15 is 0 Å². The molecule has 1 heterocycles. The van der Waals surface area contributed by atoms with Crippen LogP contribution in [-0.4, -0.2) is 51.3 Å². The molecule has 0 radical (unpaired) electrons. The Kier molecular flexibility index (Phi) is 8.85. The number of nitrogens with one attached hydrogen (secondary N) is 1. The fourth-order valence-corrected chi connectivity index (χ4v) is 7.68. The SMILES string of the molecule is O=C(O)c1cccc(CN([C@]2(C(=O)O)C[C@H]2c2cccc(NC(=O)c3cccnc3)c2)S(=O)(=O)c2ccc(-c3ccc(Cl)cc3)cc2)c1. The fraction of sp³-hybridized carbons (Fsp3) is 0.111. The Morgan fingerprint density at radius 2 is 1.52 bits per heavy atom. The molecule has 0 aliphatic heterocycles. The first-order chi connectivity index (χ1) is 23.0. The number of amides is 1. The molecule has 0 bridgehead atoms. The molecule has 6 rings (SSSR count). The number of anilines is 1. The summed E-state index contributed by atoms with van der Waals surface area (Å²) in [7, 11) is -4.48. The van der Waals surface area contributed by atoms with Gasteiger partial charge in [-0.1, -0.05) is 60.1 Å². The summed E-state index contributed by atoms with van der Waals surface area (Å²) in [5.41, 5.74) is 1.12. The molecule has 1 aliphatic carbocycles. The molecular weight excluding hydrogens is 654 g/mol. The Balaban J connectivity index is 1.38. The second-order valence-electron chi connectivity index (χ2n) is 11.4. The van der Waals surface area contributed by atoms with Gasteiger partial charge >= 0.3 is 11.9 Å². The molecule has 242 valence electrons. The normalized spacial score (nSPS) is 17.1. The summed E-state index contributed by atoms with van der Waals surface area (Å²) in [6.07, 6.45) is 2.91. The quantitative estimate of drug-likeness (QED) is 0.142. The van der Waals surface area contributed by atoms with E-state index in [-0.39, 0.29) is 16.9 Å². The van der Waals surface area contributed by atoms with Gasteiger partial charge < -0.3 is 15.5 Å². The zero-order chi connectivity index (χ0) is 34.1. The first-order valence-corrected chi connectivity index (χ1v) is 16.6. The summed E-state index contributed by atoms with van der Waals surface area (Å²) in [6, 6.07) is 28.7. The largest absolute Gasteiger partial charge is 0.480 e. The molecule has 12 heteroatoms. The number of sulfonamides is 1. The highest BCUT2D eigenvalue weighted by molar-refractivity contribution is 7.89. The minimum atomic E-state index is -4.48. The molecule has 2 atom stereocenters. The summed E-state index contributed by atoms with van der Waals surface area (Å²) >= 11 is 6.01. The highest BCUT2D eigenvalue weighted by atomic mass is 35.5. The molecule has 1 aliphatic rings. The first-order valence-electron chi connectivity index (χ1n) is 14.7. The number of rotatable bonds is 11. The number of hydrogen-bond acceptors (Lipinski definition) is 6. The molecule has 5 aromatic rings. The average Bonchev–Trinajstić information content (AvgIpc) is 3.85. The molecule has 10 nitrogen and oxygen atoms in total. The monoisotopic (exact) mass is 681 g/mol. The third kappa shape index (κ3) is 6.43. The van der Waals surface area contributed by atoms with Crippen LogP contribution in [0.15, 0.2) is 126 Å². The van der Waals surface area contributed by atoms with Crippen LogP contribution in [-0.2, 0) is 21.4 Å². The molecular formula is C36H28ClN3O7S. The number of carbonyl (C=O) groups is 3. The van der Waals surface area contributed by atoms with Crippen LogP contribution >= 0.6 is 11.6 Å². The van der Waals surface area contributed by atoms with Gasteiger partial charge in [0.2, 0.25) is 10.0 Å². The smallest absolute Gasteiger partial charge is 0.335 e. The lowest BCUT2D eigenvalue weighted by atomic mass is 10.0. The van der Waals surface area contributed by atoms with Crippen LogP contribution in [0.2, 0.25) is 5.02 Å². The average molecular weight is 682 g/mol. The molecule has 4 aromatic carbocycles. The van der Waals surface area contributed by atoms with E-state index in [4.69, 9.17) is 11.6 Å². The number of carbonyl (C=O) groups excluding carboxylic acids is 1. The summed E-state index contributed by atoms with van der Waals surface area (Å²) in [6.45, 7) is -0.400. The van der Waals surface area contributed by atoms with Crippen molar-refractivity contribution in [2.75, 3.05) is 5.32 Å². The molecule has 1 amide bonds. The Labute approximate surface area is 281 Å². The van der Waals surface area contributed by atoms with Crippen LogP contribution in [0.25, 0.3) is 11.1 Å². The Morgan fingerprint density at radius 3 is 2.17 bits per heavy atom. The van der Waals surface area contributed by atoms with Crippen LogP contribution in [0.4, 0.5) is 5.69 Å². The topological polar surface area (TPSA) is 154 Å². The molecule has 0 saturated heterocycles. The van der Waals surface area contributed by atoms with Crippen molar-refractivity contribution in [1.82, 2.24) is 9.29 Å². The van der Waals surface area contributed by atoms with Crippen LogP contribution in [0.1, 0.15) is 44.2 Å². The predicted octanol–water partition coefficient (Wildman–Crippen LogP) is 6.55. The van der Waals surface area contributed by atoms with Crippen molar-refractivity contribution in [3.8, 4) is 11.1 Å². The molecule has 3 N–H and O–H groups in total. The van der Waals surface area contributed by atoms with Crippen molar-refractivity contribution in [2.45, 2.75) is 29.3 Å². The maximum Gasteiger partial charge on any atom is 0.335 e. The van der Waals surface area contributed by atoms with Gasteiger partial charge in [0.1, 0.15) is 5.54 Å². The van der Waals surface area contributed by atoms with E-state index in [1.807, 2.05) is 0 Å². The van der Waals surface area contributed by atoms with E-state index < -0.39 is 45.9 Å². The Hall–Kier alpha value is -5.36. The number of benzene rings is 4. The van der Waals surface area contributed by atoms with Crippen molar-refractivity contribution < 1.29 is 33.0 Å². The molecule has 1 saturated carbocycles. The van der Waals surface area contributed by atoms with Gasteiger partial charge in [-0.25, -0.2) is 13.2 Å². The number of halogens is 1. The van der Waals surface area contributed by atoms with Crippen LogP contribution in [0.5, 0.6) is 0 Å². The minimum absolute atomic E-state index is 0.0525. The summed E-state index contributed by atoms with van der Waals surface area (Å²) < 4.78 is 29.9. The summed E-state index contributed by atoms with van der Waals surface area (Å²) in [5.74, 6) is -3.75. The zero-order valence-electron chi connectivity index (χ0n) is 25.2. The molecule has 1 aromatic heterocycles. The lowest BCUT2D eigenvalue weighted by Gasteiger charge is -2.30. The number of aromatic carboxylic acids is 1. The first kappa shape index (κ1) is 32.6. The van der Waals surface area contributed by atoms with Crippen LogP contribution in [0.3, 0.4) is 0 Å². The van der Waals surface area contributed by atoms with E-state index in [2.05, 4.69) is 10.3 Å². The van der Waals surface area contributed by atoms with Gasteiger partial charge in [0.25, 0.3) is 5.91 Å². The van der Waals surface area contributed by atoms with Crippen LogP contribution < -0.4 is 5.32 Å². The standard InChI is InChI=1S/C36H28ClN3O7S/c37-29-13-9-24(10-14-29)25-11-15-31(16-12-25)48(46,47)40(22-23-4-1-6-27(18-23)34(42)43)36(35(44)45)20-32(36)26-5-2-8-30(19-26)39-33(41)28-7-3-17-38-21-28/h1-19,21,32H,20,22H2,(H,39,41)(H,42,43)(H,44,45)/t32-,36+/m0/s1. The number of hydrogen-bond donors (Lipinski definition) is 3. The van der Waals surface area contributed by atoms with Gasteiger partial charge in [-0.2, -0.15) is 4.31 Å². The van der Waals surface area contributed by atoms with Gasteiger partial charge in [-0.05, 0) is 89.3 Å². The number of nitrogens with zero attached hydrogens (tertiary/aromatic N) is 2. The Morgan fingerprint density at radius 1 is 0.854 bits per heavy atom. The minimum Gasteiger partial charge on any atom is -0.480 e. The van der Waals surface area contributed by atoms with E-state index in [1.165, 1.54) is 36.5 Å². The maximum atomic E-state index is 14.5. The molecule has 0 spiro atoms. The van der Waals surface area contributed by atoms with Gasteiger partial charge in [0.05, 0.1) is 16.0 Å². The van der Waals surface area contributed by atoms with Crippen molar-refractivity contribution in [2.24, 2.45) is 0 Å². The second-order valence-corrected chi connectivity index (χ2v) is 13.7. The molecule has 1 fully saturated rings. The molecule has 48 heavy (non-hydrogen) atoms. The third-order valence-electron chi connectivity index (χ3n) is 8.34. The number of carboxylic acids is 2. The van der Waals surface area contributed by atoms with Gasteiger partial charge in [-0.3, -0.25) is 14.6 Å². The summed E-state index contributed by atoms with van der Waals surface area (Å²) in [4.78, 5) is 41.5. The third-order valence-corrected chi connectivity index (χ3v) is 10.5. The van der Waals surface area contributed by atoms with E-state index in [9.17, 15) is 33.0 Å². The number of carboxylic acid groups (broad SMARTS) is 2. The predicted molar refractivity (Wildman–Crippen MR) is 179 cm³/mol. The van der Waals surface area contributed by atoms with Crippen molar-refractivity contribution in [3.63, 3.8) is 0 Å². The maximum absolute atomic E-state index is 14.5. The van der Waals surface area contributed by atoms with Crippen molar-refractivity contribution >= 4 is 45.2 Å². The van der Waals surface area contributed by atoms with Gasteiger partial charge in [0.15, 0.2) is 0 Å². The summed E-state index contributed by atoms with van der Waals surface area (Å²) in [5, 5.41) is 23.6. The number of pyridine rings is 1. The number of aromatic nitrogens is 1. The van der Waals surface area contributed by atoms with E-state index in [0.29, 0.717) is 27.4 Å². The Bertz CT molecular complexity index is 2130. The molecule has 0 unspecified atom stereocenters. The number of aliphatic carboxylic acids is 1. The highest BCUT2D eigenvalue weighted by Crippen LogP contribution is 2.58. The van der Waals surface area contributed by atoms with Crippen LogP contribution in [0, 0.1) is 0 Å².